The first-order chi connectivity index (χ1) is 8.98. The van der Waals surface area contributed by atoms with E-state index in [0.29, 0.717) is 12.4 Å². The highest BCUT2D eigenvalue weighted by Gasteiger charge is 2.26. The number of hydrogen-bond acceptors (Lipinski definition) is 1. The topological polar surface area (TPSA) is 29.1 Å². The maximum atomic E-state index is 13.7. The number of halogens is 2. The van der Waals surface area contributed by atoms with Crippen LogP contribution < -0.4 is 5.32 Å². The lowest BCUT2D eigenvalue weighted by Gasteiger charge is -2.29. The third-order valence-electron chi connectivity index (χ3n) is 3.78. The van der Waals surface area contributed by atoms with Crippen LogP contribution in [0.3, 0.4) is 0 Å². The Hall–Kier alpha value is -1.09. The Bertz CT molecular complexity index is 436. The van der Waals surface area contributed by atoms with Crippen molar-refractivity contribution in [3.8, 4) is 0 Å². The van der Waals surface area contributed by atoms with Gasteiger partial charge < -0.3 is 5.32 Å². The van der Waals surface area contributed by atoms with E-state index in [1.54, 1.807) is 13.0 Å². The summed E-state index contributed by atoms with van der Waals surface area (Å²) in [6, 6.07) is 4.61. The molecule has 0 heterocycles. The van der Waals surface area contributed by atoms with E-state index in [1.165, 1.54) is 12.1 Å². The van der Waals surface area contributed by atoms with Gasteiger partial charge in [0.2, 0.25) is 0 Å². The molecule has 0 unspecified atom stereocenters. The Morgan fingerprint density at radius 2 is 2.00 bits per heavy atom. The van der Waals surface area contributed by atoms with Crippen LogP contribution >= 0.6 is 11.6 Å². The lowest BCUT2D eigenvalue weighted by molar-refractivity contribution is 0.0927. The Balaban J connectivity index is 2.75. The van der Waals surface area contributed by atoms with Crippen LogP contribution in [0.5, 0.6) is 0 Å². The summed E-state index contributed by atoms with van der Waals surface area (Å²) in [6.45, 7) is 6.35. The van der Waals surface area contributed by atoms with Gasteiger partial charge >= 0.3 is 0 Å². The molecule has 0 saturated carbocycles. The molecular formula is C15H21ClFNO. The van der Waals surface area contributed by atoms with Gasteiger partial charge in [0, 0.05) is 17.8 Å². The van der Waals surface area contributed by atoms with Gasteiger partial charge in [-0.15, -0.1) is 11.6 Å². The second-order valence-electron chi connectivity index (χ2n) is 5.01. The predicted octanol–water partition coefficient (Wildman–Crippen LogP) is 3.91. The molecule has 4 heteroatoms. The van der Waals surface area contributed by atoms with E-state index in [0.717, 1.165) is 18.4 Å². The van der Waals surface area contributed by atoms with Crippen LogP contribution in [0.15, 0.2) is 18.2 Å². The monoisotopic (exact) mass is 285 g/mol. The molecule has 1 amide bonds. The molecule has 0 aliphatic heterocycles. The Morgan fingerprint density at radius 1 is 1.37 bits per heavy atom. The molecule has 1 aromatic carbocycles. The van der Waals surface area contributed by atoms with Gasteiger partial charge in [-0.1, -0.05) is 19.9 Å². The zero-order valence-corrected chi connectivity index (χ0v) is 12.5. The molecule has 1 aromatic rings. The van der Waals surface area contributed by atoms with Gasteiger partial charge in [-0.3, -0.25) is 4.79 Å². The fourth-order valence-electron chi connectivity index (χ4n) is 1.90. The first-order valence-electron chi connectivity index (χ1n) is 6.58. The van der Waals surface area contributed by atoms with Crippen molar-refractivity contribution in [2.24, 2.45) is 5.41 Å². The molecule has 19 heavy (non-hydrogen) atoms. The lowest BCUT2D eigenvalue weighted by atomic mass is 9.84. The summed E-state index contributed by atoms with van der Waals surface area (Å²) in [4.78, 5) is 12.0. The Kier molecular flexibility index (Phi) is 5.80. The van der Waals surface area contributed by atoms with Crippen molar-refractivity contribution in [2.75, 3.05) is 12.4 Å². The zero-order valence-electron chi connectivity index (χ0n) is 11.7. The molecule has 106 valence electrons. The van der Waals surface area contributed by atoms with E-state index in [4.69, 9.17) is 11.6 Å². The molecule has 0 atom stereocenters. The molecule has 0 aliphatic carbocycles. The SMILES string of the molecule is CCC(CC)(CCl)CNC(=O)c1ccc(C)cc1F. The number of nitrogens with one attached hydrogen (secondary N) is 1. The lowest BCUT2D eigenvalue weighted by Crippen LogP contribution is -2.38. The first-order valence-corrected chi connectivity index (χ1v) is 7.11. The third kappa shape index (κ3) is 3.93. The largest absolute Gasteiger partial charge is 0.351 e. The van der Waals surface area contributed by atoms with Crippen molar-refractivity contribution in [2.45, 2.75) is 33.6 Å². The number of alkyl halides is 1. The second kappa shape index (κ2) is 6.90. The van der Waals surface area contributed by atoms with Gasteiger partial charge in [-0.05, 0) is 37.5 Å². The summed E-state index contributed by atoms with van der Waals surface area (Å²) >= 11 is 5.98. The van der Waals surface area contributed by atoms with Crippen LogP contribution in [0.1, 0.15) is 42.6 Å². The van der Waals surface area contributed by atoms with Crippen LogP contribution in [-0.4, -0.2) is 18.3 Å². The third-order valence-corrected chi connectivity index (χ3v) is 4.34. The van der Waals surface area contributed by atoms with Crippen LogP contribution in [0, 0.1) is 18.2 Å². The summed E-state index contributed by atoms with van der Waals surface area (Å²) in [6.07, 6.45) is 1.76. The molecule has 0 fully saturated rings. The summed E-state index contributed by atoms with van der Waals surface area (Å²) < 4.78 is 13.7. The molecule has 0 saturated heterocycles. The van der Waals surface area contributed by atoms with Crippen molar-refractivity contribution in [1.29, 1.82) is 0 Å². The number of carbonyl (C=O) groups excluding carboxylic acids is 1. The molecule has 1 rings (SSSR count). The molecule has 1 N–H and O–H groups in total. The molecule has 0 spiro atoms. The van der Waals surface area contributed by atoms with Crippen LogP contribution in [-0.2, 0) is 0 Å². The van der Waals surface area contributed by atoms with E-state index in [2.05, 4.69) is 5.32 Å². The normalized spacial score (nSPS) is 11.4. The highest BCUT2D eigenvalue weighted by molar-refractivity contribution is 6.18. The smallest absolute Gasteiger partial charge is 0.254 e. The van der Waals surface area contributed by atoms with Crippen LogP contribution in [0.2, 0.25) is 0 Å². The van der Waals surface area contributed by atoms with Crippen LogP contribution in [0.25, 0.3) is 0 Å². The number of carbonyl (C=O) groups is 1. The highest BCUT2D eigenvalue weighted by atomic mass is 35.5. The molecule has 0 aromatic heterocycles. The molecule has 0 aliphatic rings. The van der Waals surface area contributed by atoms with Crippen molar-refractivity contribution in [3.05, 3.63) is 35.1 Å². The van der Waals surface area contributed by atoms with Gasteiger partial charge in [0.15, 0.2) is 0 Å². The Morgan fingerprint density at radius 3 is 2.47 bits per heavy atom. The highest BCUT2D eigenvalue weighted by Crippen LogP contribution is 2.27. The summed E-state index contributed by atoms with van der Waals surface area (Å²) in [7, 11) is 0. The van der Waals surface area contributed by atoms with Crippen molar-refractivity contribution < 1.29 is 9.18 Å². The predicted molar refractivity (Wildman–Crippen MR) is 77.2 cm³/mol. The van der Waals surface area contributed by atoms with Gasteiger partial charge in [0.1, 0.15) is 5.82 Å². The van der Waals surface area contributed by atoms with E-state index in [1.807, 2.05) is 13.8 Å². The molecule has 0 bridgehead atoms. The van der Waals surface area contributed by atoms with Gasteiger partial charge in [0.05, 0.1) is 5.56 Å². The summed E-state index contributed by atoms with van der Waals surface area (Å²) in [5.74, 6) is -0.382. The maximum Gasteiger partial charge on any atom is 0.254 e. The van der Waals surface area contributed by atoms with E-state index in [9.17, 15) is 9.18 Å². The molecular weight excluding hydrogens is 265 g/mol. The molecule has 2 nitrogen and oxygen atoms in total. The van der Waals surface area contributed by atoms with Gasteiger partial charge in [-0.2, -0.15) is 0 Å². The first kappa shape index (κ1) is 16.0. The minimum atomic E-state index is -0.484. The van der Waals surface area contributed by atoms with E-state index in [-0.39, 0.29) is 16.9 Å². The average molecular weight is 286 g/mol. The standard InChI is InChI=1S/C15H21ClFNO/c1-4-15(5-2,9-16)10-18-14(19)12-7-6-11(3)8-13(12)17/h6-8H,4-5,9-10H2,1-3H3,(H,18,19). The maximum absolute atomic E-state index is 13.7. The second-order valence-corrected chi connectivity index (χ2v) is 5.27. The van der Waals surface area contributed by atoms with Crippen LogP contribution in [0.4, 0.5) is 4.39 Å². The number of benzene rings is 1. The van der Waals surface area contributed by atoms with E-state index >= 15 is 0 Å². The summed E-state index contributed by atoms with van der Waals surface area (Å²) in [5, 5.41) is 2.79. The van der Waals surface area contributed by atoms with Crippen molar-refractivity contribution in [1.82, 2.24) is 5.32 Å². The fourth-order valence-corrected chi connectivity index (χ4v) is 2.38. The number of amides is 1. The van der Waals surface area contributed by atoms with Crippen molar-refractivity contribution >= 4 is 17.5 Å². The minimum absolute atomic E-state index is 0.0845. The minimum Gasteiger partial charge on any atom is -0.351 e. The fraction of sp³-hybridized carbons (Fsp3) is 0.533. The average Bonchev–Trinajstić information content (AvgIpc) is 2.40. The van der Waals surface area contributed by atoms with Gasteiger partial charge in [0.25, 0.3) is 5.91 Å². The summed E-state index contributed by atoms with van der Waals surface area (Å²) in [5.41, 5.74) is 0.769. The van der Waals surface area contributed by atoms with Crippen molar-refractivity contribution in [3.63, 3.8) is 0 Å². The number of hydrogen-bond donors (Lipinski definition) is 1. The van der Waals surface area contributed by atoms with Gasteiger partial charge in [-0.25, -0.2) is 4.39 Å². The quantitative estimate of drug-likeness (QED) is 0.789. The van der Waals surface area contributed by atoms with E-state index < -0.39 is 5.82 Å². The number of rotatable bonds is 6. The zero-order chi connectivity index (χ0) is 14.5. The Labute approximate surface area is 119 Å². The molecule has 0 radical (unpaired) electrons. The number of aryl methyl sites for hydroxylation is 1.